The standard InChI is InChI=1S/C14H16N4O2S/c1-11-9-12(10-15)4-5-13(11)21(19,20)18-6-2-3-14-16-7-8-17-14/h4-5,7-9,18H,2-3,6H2,1H3,(H,16,17). The first-order valence-corrected chi connectivity index (χ1v) is 8.00. The number of hydrogen-bond acceptors (Lipinski definition) is 4. The first kappa shape index (κ1) is 15.2. The summed E-state index contributed by atoms with van der Waals surface area (Å²) in [4.78, 5) is 7.26. The zero-order chi connectivity index (χ0) is 15.3. The predicted octanol–water partition coefficient (Wildman–Crippen LogP) is 1.50. The summed E-state index contributed by atoms with van der Waals surface area (Å²) in [6.45, 7) is 2.01. The van der Waals surface area contributed by atoms with Gasteiger partial charge in [-0.1, -0.05) is 0 Å². The van der Waals surface area contributed by atoms with Gasteiger partial charge in [0, 0.05) is 25.4 Å². The summed E-state index contributed by atoms with van der Waals surface area (Å²) < 4.78 is 27.0. The van der Waals surface area contributed by atoms with Crippen molar-refractivity contribution in [2.75, 3.05) is 6.54 Å². The number of nitrogens with zero attached hydrogens (tertiary/aromatic N) is 2. The van der Waals surface area contributed by atoms with Crippen LogP contribution in [0.3, 0.4) is 0 Å². The number of hydrogen-bond donors (Lipinski definition) is 2. The molecule has 0 aliphatic rings. The molecule has 0 fully saturated rings. The molecule has 0 radical (unpaired) electrons. The van der Waals surface area contributed by atoms with Crippen LogP contribution in [0.25, 0.3) is 0 Å². The highest BCUT2D eigenvalue weighted by Gasteiger charge is 2.16. The molecule has 0 atom stereocenters. The third-order valence-electron chi connectivity index (χ3n) is 3.03. The maximum Gasteiger partial charge on any atom is 0.240 e. The van der Waals surface area contributed by atoms with E-state index in [1.54, 1.807) is 25.4 Å². The third kappa shape index (κ3) is 3.90. The van der Waals surface area contributed by atoms with Crippen LogP contribution in [0.2, 0.25) is 0 Å². The summed E-state index contributed by atoms with van der Waals surface area (Å²) >= 11 is 0. The van der Waals surface area contributed by atoms with Crippen molar-refractivity contribution >= 4 is 10.0 Å². The van der Waals surface area contributed by atoms with E-state index in [0.717, 1.165) is 5.82 Å². The summed E-state index contributed by atoms with van der Waals surface area (Å²) in [6, 6.07) is 6.52. The second-order valence-electron chi connectivity index (χ2n) is 4.63. The molecule has 110 valence electrons. The van der Waals surface area contributed by atoms with E-state index in [4.69, 9.17) is 5.26 Å². The average Bonchev–Trinajstić information content (AvgIpc) is 2.96. The van der Waals surface area contributed by atoms with Crippen LogP contribution in [0.4, 0.5) is 0 Å². The molecule has 0 amide bonds. The largest absolute Gasteiger partial charge is 0.349 e. The molecule has 21 heavy (non-hydrogen) atoms. The molecular formula is C14H16N4O2S. The maximum absolute atomic E-state index is 12.2. The minimum Gasteiger partial charge on any atom is -0.349 e. The van der Waals surface area contributed by atoms with E-state index in [2.05, 4.69) is 14.7 Å². The molecule has 2 N–H and O–H groups in total. The Morgan fingerprint density at radius 3 is 2.86 bits per heavy atom. The highest BCUT2D eigenvalue weighted by molar-refractivity contribution is 7.89. The van der Waals surface area contributed by atoms with Crippen LogP contribution in [0.15, 0.2) is 35.5 Å². The molecule has 1 heterocycles. The van der Waals surface area contributed by atoms with Crippen molar-refractivity contribution in [1.29, 1.82) is 5.26 Å². The van der Waals surface area contributed by atoms with Gasteiger partial charge in [0.25, 0.3) is 0 Å². The van der Waals surface area contributed by atoms with Crippen molar-refractivity contribution in [3.63, 3.8) is 0 Å². The molecule has 1 aromatic heterocycles. The lowest BCUT2D eigenvalue weighted by Crippen LogP contribution is -2.25. The summed E-state index contributed by atoms with van der Waals surface area (Å²) in [5.41, 5.74) is 1.01. The normalized spacial score (nSPS) is 11.2. The average molecular weight is 304 g/mol. The van der Waals surface area contributed by atoms with Crippen molar-refractivity contribution in [1.82, 2.24) is 14.7 Å². The van der Waals surface area contributed by atoms with E-state index in [1.807, 2.05) is 6.07 Å². The van der Waals surface area contributed by atoms with Gasteiger partial charge in [-0.3, -0.25) is 0 Å². The second-order valence-corrected chi connectivity index (χ2v) is 6.36. The van der Waals surface area contributed by atoms with E-state index in [1.165, 1.54) is 12.1 Å². The molecule has 7 heteroatoms. The molecule has 6 nitrogen and oxygen atoms in total. The second kappa shape index (κ2) is 6.52. The number of aryl methyl sites for hydroxylation is 2. The quantitative estimate of drug-likeness (QED) is 0.790. The monoisotopic (exact) mass is 304 g/mol. The molecular weight excluding hydrogens is 288 g/mol. The summed E-state index contributed by atoms with van der Waals surface area (Å²) in [5, 5.41) is 8.80. The number of aromatic amines is 1. The molecule has 0 aliphatic heterocycles. The Balaban J connectivity index is 1.97. The van der Waals surface area contributed by atoms with Gasteiger partial charge in [0.1, 0.15) is 5.82 Å². The van der Waals surface area contributed by atoms with Crippen molar-refractivity contribution < 1.29 is 8.42 Å². The number of aromatic nitrogens is 2. The fourth-order valence-corrected chi connectivity index (χ4v) is 3.29. The molecule has 0 unspecified atom stereocenters. The number of H-pyrrole nitrogens is 1. The van der Waals surface area contributed by atoms with Crippen LogP contribution in [0.1, 0.15) is 23.4 Å². The van der Waals surface area contributed by atoms with Gasteiger partial charge in [0.2, 0.25) is 10.0 Å². The number of imidazole rings is 1. The Labute approximate surface area is 123 Å². The van der Waals surface area contributed by atoms with Gasteiger partial charge in [0.15, 0.2) is 0 Å². The van der Waals surface area contributed by atoms with Gasteiger partial charge in [0.05, 0.1) is 16.5 Å². The molecule has 2 rings (SSSR count). The highest BCUT2D eigenvalue weighted by Crippen LogP contribution is 2.16. The number of rotatable bonds is 6. The van der Waals surface area contributed by atoms with Crippen LogP contribution >= 0.6 is 0 Å². The third-order valence-corrected chi connectivity index (χ3v) is 4.65. The smallest absolute Gasteiger partial charge is 0.240 e. The van der Waals surface area contributed by atoms with E-state index in [-0.39, 0.29) is 4.90 Å². The van der Waals surface area contributed by atoms with Crippen LogP contribution in [0.5, 0.6) is 0 Å². The van der Waals surface area contributed by atoms with E-state index in [0.29, 0.717) is 30.5 Å². The van der Waals surface area contributed by atoms with Gasteiger partial charge in [-0.05, 0) is 37.1 Å². The van der Waals surface area contributed by atoms with E-state index < -0.39 is 10.0 Å². The molecule has 2 aromatic rings. The summed E-state index contributed by atoms with van der Waals surface area (Å²) in [5.74, 6) is 0.837. The van der Waals surface area contributed by atoms with Crippen LogP contribution in [0, 0.1) is 18.3 Å². The van der Waals surface area contributed by atoms with Gasteiger partial charge in [-0.2, -0.15) is 5.26 Å². The molecule has 0 saturated carbocycles. The molecule has 0 saturated heterocycles. The van der Waals surface area contributed by atoms with Crippen molar-refractivity contribution in [2.24, 2.45) is 0 Å². The molecule has 0 bridgehead atoms. The Kier molecular flexibility index (Phi) is 4.73. The number of nitrogens with one attached hydrogen (secondary N) is 2. The van der Waals surface area contributed by atoms with Gasteiger partial charge < -0.3 is 4.98 Å². The lowest BCUT2D eigenvalue weighted by Gasteiger charge is -2.09. The maximum atomic E-state index is 12.2. The highest BCUT2D eigenvalue weighted by atomic mass is 32.2. The van der Waals surface area contributed by atoms with E-state index >= 15 is 0 Å². The van der Waals surface area contributed by atoms with Crippen LogP contribution < -0.4 is 4.72 Å². The number of sulfonamides is 1. The Morgan fingerprint density at radius 2 is 2.24 bits per heavy atom. The Morgan fingerprint density at radius 1 is 1.43 bits per heavy atom. The van der Waals surface area contributed by atoms with Gasteiger partial charge in [-0.25, -0.2) is 18.1 Å². The Bertz CT molecular complexity index is 746. The fourth-order valence-electron chi connectivity index (χ4n) is 2.00. The van der Waals surface area contributed by atoms with Crippen molar-refractivity contribution in [2.45, 2.75) is 24.7 Å². The summed E-state index contributed by atoms with van der Waals surface area (Å²) in [7, 11) is -3.55. The molecule has 0 spiro atoms. The fraction of sp³-hybridized carbons (Fsp3) is 0.286. The first-order valence-electron chi connectivity index (χ1n) is 6.51. The van der Waals surface area contributed by atoms with Gasteiger partial charge in [-0.15, -0.1) is 0 Å². The zero-order valence-corrected chi connectivity index (χ0v) is 12.4. The minimum absolute atomic E-state index is 0.208. The lowest BCUT2D eigenvalue weighted by atomic mass is 10.2. The van der Waals surface area contributed by atoms with Gasteiger partial charge >= 0.3 is 0 Å². The van der Waals surface area contributed by atoms with Crippen LogP contribution in [-0.4, -0.2) is 24.9 Å². The molecule has 1 aromatic carbocycles. The van der Waals surface area contributed by atoms with Crippen molar-refractivity contribution in [3.8, 4) is 6.07 Å². The first-order chi connectivity index (χ1) is 10.0. The minimum atomic E-state index is -3.55. The van der Waals surface area contributed by atoms with Crippen molar-refractivity contribution in [3.05, 3.63) is 47.5 Å². The molecule has 0 aliphatic carbocycles. The van der Waals surface area contributed by atoms with E-state index in [9.17, 15) is 8.42 Å². The number of benzene rings is 1. The zero-order valence-electron chi connectivity index (χ0n) is 11.6. The predicted molar refractivity (Wildman–Crippen MR) is 78.0 cm³/mol. The number of nitriles is 1. The topological polar surface area (TPSA) is 98.6 Å². The lowest BCUT2D eigenvalue weighted by molar-refractivity contribution is 0.577. The SMILES string of the molecule is Cc1cc(C#N)ccc1S(=O)(=O)NCCCc1ncc[nH]1. The van der Waals surface area contributed by atoms with Crippen LogP contribution in [-0.2, 0) is 16.4 Å². The Hall–Kier alpha value is -2.17. The summed E-state index contributed by atoms with van der Waals surface area (Å²) in [6.07, 6.45) is 4.74.